The van der Waals surface area contributed by atoms with E-state index in [0.29, 0.717) is 11.1 Å². The van der Waals surface area contributed by atoms with Crippen LogP contribution in [0.5, 0.6) is 0 Å². The Hall–Kier alpha value is -1.42. The van der Waals surface area contributed by atoms with Crippen LogP contribution in [0, 0.1) is 12.7 Å². The van der Waals surface area contributed by atoms with Crippen molar-refractivity contribution >= 4 is 5.91 Å². The molecular formula is C13H16FNO2. The summed E-state index contributed by atoms with van der Waals surface area (Å²) in [5, 5.41) is 12.1. The third-order valence-corrected chi connectivity index (χ3v) is 3.43. The summed E-state index contributed by atoms with van der Waals surface area (Å²) in [5.41, 5.74) is 0.610. The molecule has 1 aliphatic carbocycles. The van der Waals surface area contributed by atoms with Crippen LogP contribution in [0.25, 0.3) is 0 Å². The molecule has 3 nitrogen and oxygen atoms in total. The monoisotopic (exact) mass is 237 g/mol. The summed E-state index contributed by atoms with van der Waals surface area (Å²) in [5.74, 6) is -0.587. The second kappa shape index (κ2) is 4.45. The lowest BCUT2D eigenvalue weighted by Crippen LogP contribution is -2.56. The standard InChI is InChI=1S/C13H16FNO2/c1-9-7-10(14)3-4-11(9)12(17)15-13(8-16)5-2-6-13/h3-4,7,16H,2,5-6,8H2,1H3,(H,15,17). The summed E-state index contributed by atoms with van der Waals surface area (Å²) in [6.45, 7) is 1.66. The first-order valence-corrected chi connectivity index (χ1v) is 5.76. The van der Waals surface area contributed by atoms with Crippen LogP contribution in [0.3, 0.4) is 0 Å². The van der Waals surface area contributed by atoms with Crippen molar-refractivity contribution in [2.75, 3.05) is 6.61 Å². The molecule has 2 N–H and O–H groups in total. The molecule has 1 fully saturated rings. The summed E-state index contributed by atoms with van der Waals surface area (Å²) in [6, 6.07) is 4.08. The predicted molar refractivity (Wildman–Crippen MR) is 62.3 cm³/mol. The molecule has 1 aromatic carbocycles. The first-order chi connectivity index (χ1) is 8.06. The maximum absolute atomic E-state index is 12.9. The lowest BCUT2D eigenvalue weighted by molar-refractivity contribution is 0.0641. The number of halogens is 1. The van der Waals surface area contributed by atoms with E-state index in [9.17, 15) is 14.3 Å². The van der Waals surface area contributed by atoms with Gasteiger partial charge in [-0.1, -0.05) is 0 Å². The Kier molecular flexibility index (Phi) is 3.15. The summed E-state index contributed by atoms with van der Waals surface area (Å²) >= 11 is 0. The van der Waals surface area contributed by atoms with Crippen molar-refractivity contribution in [2.24, 2.45) is 0 Å². The zero-order chi connectivity index (χ0) is 12.5. The van der Waals surface area contributed by atoms with Gasteiger partial charge in [-0.25, -0.2) is 4.39 Å². The number of hydrogen-bond acceptors (Lipinski definition) is 2. The van der Waals surface area contributed by atoms with Crippen LogP contribution in [-0.4, -0.2) is 23.2 Å². The molecule has 1 saturated carbocycles. The van der Waals surface area contributed by atoms with Crippen molar-refractivity contribution in [3.63, 3.8) is 0 Å². The fraction of sp³-hybridized carbons (Fsp3) is 0.462. The highest BCUT2D eigenvalue weighted by Crippen LogP contribution is 2.31. The van der Waals surface area contributed by atoms with Gasteiger partial charge in [-0.15, -0.1) is 0 Å². The maximum Gasteiger partial charge on any atom is 0.252 e. The first kappa shape index (κ1) is 12.0. The van der Waals surface area contributed by atoms with Gasteiger partial charge in [0, 0.05) is 5.56 Å². The third-order valence-electron chi connectivity index (χ3n) is 3.43. The molecule has 1 aliphatic rings. The number of carbonyl (C=O) groups is 1. The Labute approximate surface area is 99.7 Å². The molecule has 4 heteroatoms. The van der Waals surface area contributed by atoms with Gasteiger partial charge in [-0.05, 0) is 49.9 Å². The minimum atomic E-state index is -0.460. The zero-order valence-corrected chi connectivity index (χ0v) is 9.79. The number of carbonyl (C=O) groups excluding carboxylic acids is 1. The molecule has 0 aliphatic heterocycles. The number of benzene rings is 1. The topological polar surface area (TPSA) is 49.3 Å². The third kappa shape index (κ3) is 2.31. The normalized spacial score (nSPS) is 17.4. The van der Waals surface area contributed by atoms with Gasteiger partial charge in [0.05, 0.1) is 12.1 Å². The number of aliphatic hydroxyl groups is 1. The molecule has 0 spiro atoms. The van der Waals surface area contributed by atoms with E-state index in [4.69, 9.17) is 0 Å². The zero-order valence-electron chi connectivity index (χ0n) is 9.79. The quantitative estimate of drug-likeness (QED) is 0.841. The van der Waals surface area contributed by atoms with E-state index in [-0.39, 0.29) is 18.3 Å². The minimum Gasteiger partial charge on any atom is -0.394 e. The molecule has 92 valence electrons. The van der Waals surface area contributed by atoms with Crippen molar-refractivity contribution < 1.29 is 14.3 Å². The maximum atomic E-state index is 12.9. The SMILES string of the molecule is Cc1cc(F)ccc1C(=O)NC1(CO)CCC1. The molecule has 17 heavy (non-hydrogen) atoms. The van der Waals surface area contributed by atoms with E-state index in [2.05, 4.69) is 5.32 Å². The van der Waals surface area contributed by atoms with Crippen molar-refractivity contribution in [2.45, 2.75) is 31.7 Å². The van der Waals surface area contributed by atoms with E-state index in [0.717, 1.165) is 19.3 Å². The van der Waals surface area contributed by atoms with Gasteiger partial charge in [-0.2, -0.15) is 0 Å². The highest BCUT2D eigenvalue weighted by molar-refractivity contribution is 5.96. The van der Waals surface area contributed by atoms with Gasteiger partial charge in [0.15, 0.2) is 0 Å². The van der Waals surface area contributed by atoms with Crippen molar-refractivity contribution in [3.8, 4) is 0 Å². The van der Waals surface area contributed by atoms with E-state index in [1.54, 1.807) is 6.92 Å². The average molecular weight is 237 g/mol. The predicted octanol–water partition coefficient (Wildman–Crippen LogP) is 1.78. The van der Waals surface area contributed by atoms with E-state index >= 15 is 0 Å². The number of aliphatic hydroxyl groups excluding tert-OH is 1. The average Bonchev–Trinajstić information content (AvgIpc) is 2.23. The summed E-state index contributed by atoms with van der Waals surface area (Å²) < 4.78 is 12.9. The van der Waals surface area contributed by atoms with Gasteiger partial charge in [0.2, 0.25) is 0 Å². The smallest absolute Gasteiger partial charge is 0.252 e. The van der Waals surface area contributed by atoms with Crippen LogP contribution in [-0.2, 0) is 0 Å². The second-order valence-electron chi connectivity index (χ2n) is 4.71. The highest BCUT2D eigenvalue weighted by atomic mass is 19.1. The largest absolute Gasteiger partial charge is 0.394 e. The molecule has 0 heterocycles. The Balaban J connectivity index is 2.14. The molecule has 0 atom stereocenters. The Morgan fingerprint density at radius 2 is 2.24 bits per heavy atom. The van der Waals surface area contributed by atoms with Gasteiger partial charge < -0.3 is 10.4 Å². The molecule has 1 aromatic rings. The van der Waals surface area contributed by atoms with Gasteiger partial charge >= 0.3 is 0 Å². The molecule has 0 aromatic heterocycles. The van der Waals surface area contributed by atoms with Gasteiger partial charge in [0.25, 0.3) is 5.91 Å². The molecule has 0 unspecified atom stereocenters. The fourth-order valence-electron chi connectivity index (χ4n) is 2.12. The number of nitrogens with one attached hydrogen (secondary N) is 1. The van der Waals surface area contributed by atoms with Gasteiger partial charge in [-0.3, -0.25) is 4.79 Å². The number of rotatable bonds is 3. The number of aryl methyl sites for hydroxylation is 1. The summed E-state index contributed by atoms with van der Waals surface area (Å²) in [7, 11) is 0. The van der Waals surface area contributed by atoms with Crippen LogP contribution < -0.4 is 5.32 Å². The van der Waals surface area contributed by atoms with Crippen LogP contribution in [0.4, 0.5) is 4.39 Å². The Morgan fingerprint density at radius 3 is 2.71 bits per heavy atom. The van der Waals surface area contributed by atoms with Crippen LogP contribution in [0.2, 0.25) is 0 Å². The van der Waals surface area contributed by atoms with Crippen LogP contribution >= 0.6 is 0 Å². The molecule has 0 bridgehead atoms. The lowest BCUT2D eigenvalue weighted by atomic mass is 9.77. The van der Waals surface area contributed by atoms with E-state index < -0.39 is 5.54 Å². The number of hydrogen-bond donors (Lipinski definition) is 2. The van der Waals surface area contributed by atoms with Gasteiger partial charge in [0.1, 0.15) is 5.82 Å². The first-order valence-electron chi connectivity index (χ1n) is 5.76. The van der Waals surface area contributed by atoms with Crippen LogP contribution in [0.1, 0.15) is 35.2 Å². The summed E-state index contributed by atoms with van der Waals surface area (Å²) in [6.07, 6.45) is 2.62. The highest BCUT2D eigenvalue weighted by Gasteiger charge is 2.37. The van der Waals surface area contributed by atoms with Crippen molar-refractivity contribution in [1.29, 1.82) is 0 Å². The van der Waals surface area contributed by atoms with Crippen molar-refractivity contribution in [1.82, 2.24) is 5.32 Å². The molecule has 0 radical (unpaired) electrons. The fourth-order valence-corrected chi connectivity index (χ4v) is 2.12. The summed E-state index contributed by atoms with van der Waals surface area (Å²) in [4.78, 5) is 12.0. The van der Waals surface area contributed by atoms with E-state index in [1.807, 2.05) is 0 Å². The van der Waals surface area contributed by atoms with Crippen LogP contribution in [0.15, 0.2) is 18.2 Å². The van der Waals surface area contributed by atoms with E-state index in [1.165, 1.54) is 18.2 Å². The van der Waals surface area contributed by atoms with Crippen molar-refractivity contribution in [3.05, 3.63) is 35.1 Å². The molecule has 1 amide bonds. The molecule has 0 saturated heterocycles. The minimum absolute atomic E-state index is 0.0427. The Morgan fingerprint density at radius 1 is 1.53 bits per heavy atom. The lowest BCUT2D eigenvalue weighted by Gasteiger charge is -2.41. The Bertz CT molecular complexity index is 436. The molecule has 2 rings (SSSR count). The molecular weight excluding hydrogens is 221 g/mol. The second-order valence-corrected chi connectivity index (χ2v) is 4.71. The number of amides is 1.